The third kappa shape index (κ3) is 4.70. The van der Waals surface area contributed by atoms with Gasteiger partial charge in [-0.05, 0) is 19.1 Å². The van der Waals surface area contributed by atoms with Gasteiger partial charge in [-0.15, -0.1) is 0 Å². The van der Waals surface area contributed by atoms with Crippen LogP contribution in [0, 0.1) is 11.5 Å². The van der Waals surface area contributed by atoms with Crippen molar-refractivity contribution in [1.82, 2.24) is 15.2 Å². The zero-order valence-corrected chi connectivity index (χ0v) is 16.0. The molecule has 10 heteroatoms. The smallest absolute Gasteiger partial charge is 0.410 e. The van der Waals surface area contributed by atoms with Gasteiger partial charge in [0.1, 0.15) is 6.61 Å². The van der Waals surface area contributed by atoms with E-state index >= 15 is 0 Å². The zero-order valence-electron chi connectivity index (χ0n) is 14.5. The predicted molar refractivity (Wildman–Crippen MR) is 102 cm³/mol. The second kappa shape index (κ2) is 9.26. The molecule has 1 aliphatic heterocycles. The van der Waals surface area contributed by atoms with Crippen LogP contribution in [0.3, 0.4) is 0 Å². The Bertz CT molecular complexity index is 821. The fourth-order valence-electron chi connectivity index (χ4n) is 2.57. The zero-order chi connectivity index (χ0) is 20.0. The summed E-state index contributed by atoms with van der Waals surface area (Å²) in [6.07, 6.45) is 2.45. The number of benzene rings is 1. The number of urea groups is 1. The molecular weight excluding hydrogens is 393 g/mol. The van der Waals surface area contributed by atoms with Crippen LogP contribution in [0.2, 0.25) is 10.0 Å². The Morgan fingerprint density at radius 2 is 2.26 bits per heavy atom. The van der Waals surface area contributed by atoms with Crippen LogP contribution in [0.5, 0.6) is 0 Å². The summed E-state index contributed by atoms with van der Waals surface area (Å²) >= 11 is 12.1. The van der Waals surface area contributed by atoms with Crippen LogP contribution in [0.4, 0.5) is 9.59 Å². The topological polar surface area (TPSA) is 98.0 Å². The van der Waals surface area contributed by atoms with Gasteiger partial charge >= 0.3 is 12.1 Å². The molecule has 0 fully saturated rings. The van der Waals surface area contributed by atoms with Gasteiger partial charge in [0.2, 0.25) is 0 Å². The van der Waals surface area contributed by atoms with E-state index in [0.717, 1.165) is 5.01 Å². The Hall–Kier alpha value is -2.76. The summed E-state index contributed by atoms with van der Waals surface area (Å²) in [5.41, 5.74) is 1.02. The lowest BCUT2D eigenvalue weighted by Gasteiger charge is -2.27. The minimum absolute atomic E-state index is 0.0555. The van der Waals surface area contributed by atoms with Gasteiger partial charge in [-0.1, -0.05) is 41.9 Å². The van der Waals surface area contributed by atoms with E-state index in [0.29, 0.717) is 27.9 Å². The van der Waals surface area contributed by atoms with Crippen LogP contribution < -0.4 is 5.32 Å². The summed E-state index contributed by atoms with van der Waals surface area (Å²) < 4.78 is 5.12. The molecule has 27 heavy (non-hydrogen) atoms. The van der Waals surface area contributed by atoms with Crippen molar-refractivity contribution >= 4 is 41.0 Å². The number of carbonyl (C=O) groups is 2. The molecule has 0 radical (unpaired) electrons. The molecule has 8 nitrogen and oxygen atoms in total. The van der Waals surface area contributed by atoms with E-state index < -0.39 is 18.2 Å². The van der Waals surface area contributed by atoms with Crippen LogP contribution >= 0.6 is 23.2 Å². The molecule has 3 amide bonds. The minimum Gasteiger partial charge on any atom is -0.445 e. The number of hydrogen-bond donors (Lipinski definition) is 1. The summed E-state index contributed by atoms with van der Waals surface area (Å²) in [5.74, 6) is 0. The van der Waals surface area contributed by atoms with Crippen LogP contribution in [-0.2, 0) is 4.74 Å². The van der Waals surface area contributed by atoms with Gasteiger partial charge in [-0.3, -0.25) is 4.90 Å². The van der Waals surface area contributed by atoms with Crippen LogP contribution in [0.15, 0.2) is 36.0 Å². The number of nitriles is 1. The lowest BCUT2D eigenvalue weighted by molar-refractivity contribution is 0.105. The molecule has 1 atom stereocenters. The van der Waals surface area contributed by atoms with Gasteiger partial charge in [-0.2, -0.15) is 10.4 Å². The first-order valence-corrected chi connectivity index (χ1v) is 8.73. The molecule has 1 N–H and O–H groups in total. The Morgan fingerprint density at radius 1 is 1.52 bits per heavy atom. The predicted octanol–water partition coefficient (Wildman–Crippen LogP) is 3.22. The average Bonchev–Trinajstić information content (AvgIpc) is 3.08. The fraction of sp³-hybridized carbons (Fsp3) is 0.294. The minimum atomic E-state index is -0.701. The highest BCUT2D eigenvalue weighted by atomic mass is 35.5. The number of nitrogens with one attached hydrogen (secondary N) is 1. The molecule has 0 aliphatic carbocycles. The average molecular weight is 410 g/mol. The SMILES string of the molecule is C=CCOC(=O)N(CC)C1CN(C(=O)NC#N)N=C1c1ccc(Cl)c(Cl)c1. The van der Waals surface area contributed by atoms with Crippen LogP contribution in [0.1, 0.15) is 12.5 Å². The lowest BCUT2D eigenvalue weighted by Crippen LogP contribution is -2.48. The molecule has 0 aromatic heterocycles. The molecule has 2 rings (SSSR count). The van der Waals surface area contributed by atoms with Crippen molar-refractivity contribution in [3.05, 3.63) is 46.5 Å². The summed E-state index contributed by atoms with van der Waals surface area (Å²) in [4.78, 5) is 25.9. The largest absolute Gasteiger partial charge is 0.445 e. The number of halogens is 2. The number of amides is 3. The van der Waals surface area contributed by atoms with Crippen molar-refractivity contribution < 1.29 is 14.3 Å². The first kappa shape index (κ1) is 20.6. The number of rotatable bonds is 5. The van der Waals surface area contributed by atoms with Crippen molar-refractivity contribution in [2.45, 2.75) is 13.0 Å². The third-order valence-corrected chi connectivity index (χ3v) is 4.52. The number of ether oxygens (including phenoxy) is 1. The van der Waals surface area contributed by atoms with Gasteiger partial charge in [0, 0.05) is 12.1 Å². The first-order chi connectivity index (χ1) is 12.9. The van der Waals surface area contributed by atoms with Crippen LogP contribution in [-0.4, -0.2) is 53.5 Å². The van der Waals surface area contributed by atoms with Crippen molar-refractivity contribution in [3.63, 3.8) is 0 Å². The van der Waals surface area contributed by atoms with Crippen molar-refractivity contribution in [2.24, 2.45) is 5.10 Å². The Morgan fingerprint density at radius 3 is 2.85 bits per heavy atom. The summed E-state index contributed by atoms with van der Waals surface area (Å²) in [7, 11) is 0. The molecule has 0 bridgehead atoms. The molecule has 0 saturated heterocycles. The highest BCUT2D eigenvalue weighted by Gasteiger charge is 2.37. The number of hydrogen-bond acceptors (Lipinski definition) is 5. The van der Waals surface area contributed by atoms with Gasteiger partial charge in [0.15, 0.2) is 6.19 Å². The fourth-order valence-corrected chi connectivity index (χ4v) is 2.87. The third-order valence-electron chi connectivity index (χ3n) is 3.78. The van der Waals surface area contributed by atoms with E-state index in [1.807, 2.05) is 5.32 Å². The summed E-state index contributed by atoms with van der Waals surface area (Å²) in [6, 6.07) is 3.60. The molecule has 1 unspecified atom stereocenters. The Balaban J connectivity index is 2.40. The van der Waals surface area contributed by atoms with E-state index in [1.165, 1.54) is 11.0 Å². The van der Waals surface area contributed by atoms with E-state index in [4.69, 9.17) is 33.2 Å². The second-order valence-corrected chi connectivity index (χ2v) is 6.22. The van der Waals surface area contributed by atoms with Gasteiger partial charge in [0.25, 0.3) is 0 Å². The van der Waals surface area contributed by atoms with Gasteiger partial charge < -0.3 is 4.74 Å². The maximum atomic E-state index is 12.4. The van der Waals surface area contributed by atoms with E-state index in [9.17, 15) is 9.59 Å². The molecular formula is C17H17Cl2N5O3. The molecule has 1 heterocycles. The normalized spacial score (nSPS) is 15.6. The molecule has 1 aliphatic rings. The van der Waals surface area contributed by atoms with Crippen molar-refractivity contribution in [2.75, 3.05) is 19.7 Å². The monoisotopic (exact) mass is 409 g/mol. The molecule has 1 aromatic carbocycles. The van der Waals surface area contributed by atoms with Crippen molar-refractivity contribution in [1.29, 1.82) is 5.26 Å². The number of likely N-dealkylation sites (N-methyl/N-ethyl adjacent to an activating group) is 1. The standard InChI is InChI=1S/C17H17Cl2N5O3/c1-3-7-27-17(26)23(4-2)14-9-24(16(25)21-10-20)22-15(14)11-5-6-12(18)13(19)8-11/h3,5-6,8,14H,1,4,7,9H2,2H3,(H,21,25). The van der Waals surface area contributed by atoms with Crippen molar-refractivity contribution in [3.8, 4) is 6.19 Å². The molecule has 0 saturated carbocycles. The highest BCUT2D eigenvalue weighted by molar-refractivity contribution is 6.42. The van der Waals surface area contributed by atoms with Gasteiger partial charge in [-0.25, -0.2) is 19.9 Å². The molecule has 1 aromatic rings. The van der Waals surface area contributed by atoms with E-state index in [1.54, 1.807) is 31.3 Å². The summed E-state index contributed by atoms with van der Waals surface area (Å²) in [6.45, 7) is 5.72. The quantitative estimate of drug-likeness (QED) is 0.458. The van der Waals surface area contributed by atoms with Crippen LogP contribution in [0.25, 0.3) is 0 Å². The Kier molecular flexibility index (Phi) is 7.05. The second-order valence-electron chi connectivity index (χ2n) is 5.41. The maximum absolute atomic E-state index is 12.4. The maximum Gasteiger partial charge on any atom is 0.410 e. The number of nitrogens with zero attached hydrogens (tertiary/aromatic N) is 4. The lowest BCUT2D eigenvalue weighted by atomic mass is 10.0. The number of hydrazone groups is 1. The molecule has 142 valence electrons. The first-order valence-electron chi connectivity index (χ1n) is 7.97. The highest BCUT2D eigenvalue weighted by Crippen LogP contribution is 2.26. The molecule has 0 spiro atoms. The van der Waals surface area contributed by atoms with E-state index in [-0.39, 0.29) is 13.2 Å². The van der Waals surface area contributed by atoms with E-state index in [2.05, 4.69) is 11.7 Å². The summed E-state index contributed by atoms with van der Waals surface area (Å²) in [5, 5.41) is 16.7. The Labute approximate surface area is 166 Å². The number of carbonyl (C=O) groups excluding carboxylic acids is 2. The van der Waals surface area contributed by atoms with Gasteiger partial charge in [0.05, 0.1) is 28.3 Å².